The van der Waals surface area contributed by atoms with Crippen LogP contribution in [0.25, 0.3) is 0 Å². The third kappa shape index (κ3) is 2.13. The lowest BCUT2D eigenvalue weighted by molar-refractivity contribution is 0.164. The van der Waals surface area contributed by atoms with Crippen molar-refractivity contribution >= 4 is 48.4 Å². The predicted octanol–water partition coefficient (Wildman–Crippen LogP) is 1.29. The Bertz CT molecular complexity index is 271. The minimum Gasteiger partial charge on any atom is -0.389 e. The Morgan fingerprint density at radius 3 is 2.33 bits per heavy atom. The normalized spacial score (nSPS) is 26.3. The SMILES string of the molecule is CS(=O)(=O)[C@](Br)(I)[C@@H](O)C1CC1. The van der Waals surface area contributed by atoms with Crippen molar-refractivity contribution in [2.75, 3.05) is 6.26 Å². The van der Waals surface area contributed by atoms with Crippen LogP contribution >= 0.6 is 38.5 Å². The van der Waals surface area contributed by atoms with Crippen molar-refractivity contribution in [1.29, 1.82) is 0 Å². The van der Waals surface area contributed by atoms with Gasteiger partial charge in [0.2, 0.25) is 1.66 Å². The van der Waals surface area contributed by atoms with E-state index in [-0.39, 0.29) is 5.92 Å². The van der Waals surface area contributed by atoms with E-state index in [0.29, 0.717) is 0 Å². The second-order valence-corrected chi connectivity index (χ2v) is 11.0. The molecule has 0 aliphatic heterocycles. The molecule has 0 unspecified atom stereocenters. The summed E-state index contributed by atoms with van der Waals surface area (Å²) in [7, 11) is -3.25. The maximum Gasteiger partial charge on any atom is 0.202 e. The van der Waals surface area contributed by atoms with E-state index < -0.39 is 17.6 Å². The average molecular weight is 369 g/mol. The van der Waals surface area contributed by atoms with Gasteiger partial charge in [0.1, 0.15) is 0 Å². The van der Waals surface area contributed by atoms with Crippen LogP contribution in [0.4, 0.5) is 0 Å². The Labute approximate surface area is 94.1 Å². The molecule has 0 aromatic rings. The van der Waals surface area contributed by atoms with Gasteiger partial charge in [0.15, 0.2) is 9.84 Å². The molecular weight excluding hydrogens is 359 g/mol. The molecule has 72 valence electrons. The van der Waals surface area contributed by atoms with E-state index in [4.69, 9.17) is 0 Å². The average Bonchev–Trinajstić information content (AvgIpc) is 2.64. The number of rotatable bonds is 3. The number of sulfone groups is 1. The van der Waals surface area contributed by atoms with Gasteiger partial charge in [-0.2, -0.15) is 0 Å². The van der Waals surface area contributed by atoms with E-state index in [9.17, 15) is 13.5 Å². The molecule has 1 fully saturated rings. The molecular formula is C6H10BrIO3S. The molecule has 0 heterocycles. The van der Waals surface area contributed by atoms with Gasteiger partial charge in [-0.1, -0.05) is 15.9 Å². The van der Waals surface area contributed by atoms with E-state index in [2.05, 4.69) is 15.9 Å². The van der Waals surface area contributed by atoms with Crippen molar-refractivity contribution in [3.8, 4) is 0 Å². The van der Waals surface area contributed by atoms with Gasteiger partial charge in [0.25, 0.3) is 0 Å². The Hall–Kier alpha value is 1.12. The summed E-state index contributed by atoms with van der Waals surface area (Å²) in [4.78, 5) is 0. The lowest BCUT2D eigenvalue weighted by atomic mass is 10.3. The van der Waals surface area contributed by atoms with E-state index in [1.165, 1.54) is 0 Å². The van der Waals surface area contributed by atoms with Crippen LogP contribution in [0.15, 0.2) is 0 Å². The number of alkyl halides is 2. The standard InChI is InChI=1S/C6H10BrIO3S/c1-12(10,11)6(7,8)5(9)4-2-3-4/h4-5,9H,2-3H2,1H3/t5-,6+/m0/s1. The summed E-state index contributed by atoms with van der Waals surface area (Å²) in [5.74, 6) is 0.149. The maximum absolute atomic E-state index is 11.2. The van der Waals surface area contributed by atoms with Crippen LogP contribution in [0, 0.1) is 5.92 Å². The monoisotopic (exact) mass is 368 g/mol. The molecule has 3 nitrogen and oxygen atoms in total. The molecule has 0 bridgehead atoms. The highest BCUT2D eigenvalue weighted by atomic mass is 127. The minimum absolute atomic E-state index is 0.149. The fraction of sp³-hybridized carbons (Fsp3) is 1.00. The summed E-state index contributed by atoms with van der Waals surface area (Å²) < 4.78 is 21.2. The highest BCUT2D eigenvalue weighted by molar-refractivity contribution is 14.1. The molecule has 0 amide bonds. The van der Waals surface area contributed by atoms with Crippen LogP contribution in [-0.4, -0.2) is 27.5 Å². The summed E-state index contributed by atoms with van der Waals surface area (Å²) in [6, 6.07) is 0. The summed E-state index contributed by atoms with van der Waals surface area (Å²) >= 11 is 4.80. The fourth-order valence-electron chi connectivity index (χ4n) is 0.906. The van der Waals surface area contributed by atoms with Crippen LogP contribution < -0.4 is 0 Å². The molecule has 1 aliphatic carbocycles. The van der Waals surface area contributed by atoms with Gasteiger partial charge in [-0.25, -0.2) is 8.42 Å². The van der Waals surface area contributed by atoms with Crippen molar-refractivity contribution in [2.45, 2.75) is 20.6 Å². The molecule has 1 N–H and O–H groups in total. The van der Waals surface area contributed by atoms with Crippen molar-refractivity contribution in [3.63, 3.8) is 0 Å². The third-order valence-electron chi connectivity index (χ3n) is 1.91. The first-order valence-electron chi connectivity index (χ1n) is 3.52. The smallest absolute Gasteiger partial charge is 0.202 e. The summed E-state index contributed by atoms with van der Waals surface area (Å²) in [6.45, 7) is 0. The molecule has 0 saturated heterocycles. The summed E-state index contributed by atoms with van der Waals surface area (Å²) in [6.07, 6.45) is 2.17. The van der Waals surface area contributed by atoms with Crippen LogP contribution in [0.2, 0.25) is 0 Å². The number of hydrogen-bond donors (Lipinski definition) is 1. The Kier molecular flexibility index (Phi) is 3.13. The Morgan fingerprint density at radius 1 is 1.67 bits per heavy atom. The predicted molar refractivity (Wildman–Crippen MR) is 59.3 cm³/mol. The first-order valence-corrected chi connectivity index (χ1v) is 7.28. The van der Waals surface area contributed by atoms with Gasteiger partial charge in [0.05, 0.1) is 6.10 Å². The van der Waals surface area contributed by atoms with Crippen molar-refractivity contribution < 1.29 is 13.5 Å². The highest BCUT2D eigenvalue weighted by Gasteiger charge is 2.49. The second-order valence-electron chi connectivity index (χ2n) is 3.12. The van der Waals surface area contributed by atoms with Crippen molar-refractivity contribution in [2.24, 2.45) is 5.92 Å². The molecule has 0 radical (unpaired) electrons. The molecule has 12 heavy (non-hydrogen) atoms. The van der Waals surface area contributed by atoms with Crippen LogP contribution in [0.1, 0.15) is 12.8 Å². The number of aliphatic hydroxyl groups excluding tert-OH is 1. The zero-order valence-corrected chi connectivity index (χ0v) is 11.1. The van der Waals surface area contributed by atoms with Gasteiger partial charge < -0.3 is 5.11 Å². The van der Waals surface area contributed by atoms with E-state index in [1.54, 1.807) is 22.6 Å². The minimum atomic E-state index is -3.25. The molecule has 1 saturated carbocycles. The lowest BCUT2D eigenvalue weighted by Crippen LogP contribution is -2.38. The Morgan fingerprint density at radius 2 is 2.08 bits per heavy atom. The zero-order valence-electron chi connectivity index (χ0n) is 6.50. The van der Waals surface area contributed by atoms with E-state index in [0.717, 1.165) is 19.1 Å². The van der Waals surface area contributed by atoms with Gasteiger partial charge in [-0.3, -0.25) is 0 Å². The number of hydrogen-bond acceptors (Lipinski definition) is 3. The quantitative estimate of drug-likeness (QED) is 0.603. The second kappa shape index (κ2) is 3.36. The highest BCUT2D eigenvalue weighted by Crippen LogP contribution is 2.46. The fourth-order valence-corrected chi connectivity index (χ4v) is 2.42. The third-order valence-corrected chi connectivity index (χ3v) is 8.41. The molecule has 0 spiro atoms. The van der Waals surface area contributed by atoms with E-state index in [1.807, 2.05) is 0 Å². The van der Waals surface area contributed by atoms with Gasteiger partial charge in [0, 0.05) is 6.26 Å². The van der Waals surface area contributed by atoms with Crippen LogP contribution in [0.3, 0.4) is 0 Å². The molecule has 0 aromatic heterocycles. The number of halogens is 2. The topological polar surface area (TPSA) is 54.4 Å². The number of aliphatic hydroxyl groups is 1. The molecule has 0 aromatic carbocycles. The van der Waals surface area contributed by atoms with Crippen molar-refractivity contribution in [3.05, 3.63) is 0 Å². The van der Waals surface area contributed by atoms with E-state index >= 15 is 0 Å². The lowest BCUT2D eigenvalue weighted by Gasteiger charge is -2.24. The summed E-state index contributed by atoms with van der Waals surface area (Å²) in [5, 5.41) is 9.62. The first-order chi connectivity index (χ1) is 5.27. The zero-order chi connectivity index (χ0) is 9.57. The molecule has 1 rings (SSSR count). The first kappa shape index (κ1) is 11.2. The Balaban J connectivity index is 2.83. The van der Waals surface area contributed by atoms with Gasteiger partial charge in [-0.05, 0) is 41.4 Å². The molecule has 6 heteroatoms. The molecule has 2 atom stereocenters. The maximum atomic E-state index is 11.2. The van der Waals surface area contributed by atoms with Gasteiger partial charge in [-0.15, -0.1) is 0 Å². The van der Waals surface area contributed by atoms with Crippen LogP contribution in [-0.2, 0) is 9.84 Å². The molecule has 1 aliphatic rings. The van der Waals surface area contributed by atoms with Crippen LogP contribution in [0.5, 0.6) is 0 Å². The largest absolute Gasteiger partial charge is 0.389 e. The summed E-state index contributed by atoms with van der Waals surface area (Å²) in [5.41, 5.74) is 0. The van der Waals surface area contributed by atoms with Gasteiger partial charge >= 0.3 is 0 Å². The van der Waals surface area contributed by atoms with Crippen molar-refractivity contribution in [1.82, 2.24) is 0 Å².